The van der Waals surface area contributed by atoms with E-state index in [2.05, 4.69) is 27.1 Å². The number of aromatic nitrogens is 2. The van der Waals surface area contributed by atoms with Crippen LogP contribution in [0.3, 0.4) is 0 Å². The van der Waals surface area contributed by atoms with Crippen LogP contribution < -0.4 is 15.0 Å². The van der Waals surface area contributed by atoms with Crippen LogP contribution in [0, 0.1) is 28.6 Å². The molecule has 1 spiro atoms. The fraction of sp³-hybridized carbons (Fsp3) is 0.370. The summed E-state index contributed by atoms with van der Waals surface area (Å²) in [6.45, 7) is 0.435. The SMILES string of the molecule is COc1cnc(C(F)F)cc1-c1cc(N2CCN(C=O)C3(CC3)C2=O)ncc1C(=O)NC(=N)SC(=N)C#CC1CC1. The second-order valence-corrected chi connectivity index (χ2v) is 10.8. The molecule has 41 heavy (non-hydrogen) atoms. The Bertz CT molecular complexity index is 1510. The molecular formula is C27H25F2N7O4S. The highest BCUT2D eigenvalue weighted by atomic mass is 32.2. The van der Waals surface area contributed by atoms with Gasteiger partial charge in [-0.05, 0) is 55.5 Å². The summed E-state index contributed by atoms with van der Waals surface area (Å²) in [6, 6.07) is 2.52. The number of rotatable bonds is 6. The molecule has 2 aromatic heterocycles. The fourth-order valence-electron chi connectivity index (χ4n) is 4.56. The molecule has 3 fully saturated rings. The highest BCUT2D eigenvalue weighted by Gasteiger charge is 2.58. The van der Waals surface area contributed by atoms with Crippen molar-refractivity contribution in [2.45, 2.75) is 37.6 Å². The molecule has 2 aromatic rings. The molecular weight excluding hydrogens is 556 g/mol. The van der Waals surface area contributed by atoms with E-state index in [1.54, 1.807) is 0 Å². The Morgan fingerprint density at radius 3 is 2.61 bits per heavy atom. The van der Waals surface area contributed by atoms with E-state index in [1.807, 2.05) is 0 Å². The minimum Gasteiger partial charge on any atom is -0.494 e. The summed E-state index contributed by atoms with van der Waals surface area (Å²) in [6.07, 6.45) is 3.06. The van der Waals surface area contributed by atoms with Crippen molar-refractivity contribution in [1.82, 2.24) is 20.2 Å². The van der Waals surface area contributed by atoms with E-state index in [-0.39, 0.29) is 63.4 Å². The molecule has 3 N–H and O–H groups in total. The Labute approximate surface area is 238 Å². The topological polar surface area (TPSA) is 152 Å². The number of ether oxygens (including phenoxy) is 1. The summed E-state index contributed by atoms with van der Waals surface area (Å²) in [5.41, 5.74) is -1.34. The fourth-order valence-corrected chi connectivity index (χ4v) is 5.01. The van der Waals surface area contributed by atoms with Crippen molar-refractivity contribution in [3.63, 3.8) is 0 Å². The Balaban J connectivity index is 1.50. The van der Waals surface area contributed by atoms with E-state index in [9.17, 15) is 23.2 Å². The molecule has 0 atom stereocenters. The first kappa shape index (κ1) is 28.2. The molecule has 2 saturated carbocycles. The van der Waals surface area contributed by atoms with E-state index in [1.165, 1.54) is 29.2 Å². The van der Waals surface area contributed by atoms with Crippen LogP contribution in [-0.4, -0.2) is 69.0 Å². The zero-order valence-corrected chi connectivity index (χ0v) is 22.7. The first-order valence-electron chi connectivity index (χ1n) is 12.7. The van der Waals surface area contributed by atoms with Crippen molar-refractivity contribution in [3.05, 3.63) is 35.8 Å². The Kier molecular flexibility index (Phi) is 7.72. The van der Waals surface area contributed by atoms with Gasteiger partial charge < -0.3 is 15.0 Å². The quantitative estimate of drug-likeness (QED) is 0.205. The second kappa shape index (κ2) is 11.2. The van der Waals surface area contributed by atoms with Gasteiger partial charge in [0.05, 0.1) is 18.9 Å². The summed E-state index contributed by atoms with van der Waals surface area (Å²) in [4.78, 5) is 49.2. The summed E-state index contributed by atoms with van der Waals surface area (Å²) in [7, 11) is 1.32. The molecule has 1 saturated heterocycles. The molecule has 0 aromatic carbocycles. The zero-order chi connectivity index (χ0) is 29.3. The van der Waals surface area contributed by atoms with Crippen molar-refractivity contribution in [2.24, 2.45) is 5.92 Å². The number of nitrogens with zero attached hydrogens (tertiary/aromatic N) is 4. The number of amides is 3. The van der Waals surface area contributed by atoms with Gasteiger partial charge >= 0.3 is 0 Å². The number of carbonyl (C=O) groups is 3. The predicted molar refractivity (Wildman–Crippen MR) is 147 cm³/mol. The van der Waals surface area contributed by atoms with Gasteiger partial charge in [-0.1, -0.05) is 5.92 Å². The minimum atomic E-state index is -2.90. The van der Waals surface area contributed by atoms with Crippen LogP contribution in [0.4, 0.5) is 14.6 Å². The number of thioether (sulfide) groups is 1. The summed E-state index contributed by atoms with van der Waals surface area (Å²) in [5, 5.41) is 18.0. The predicted octanol–water partition coefficient (Wildman–Crippen LogP) is 3.22. The first-order valence-corrected chi connectivity index (χ1v) is 13.5. The number of hydrogen-bond donors (Lipinski definition) is 3. The minimum absolute atomic E-state index is 0.0838. The highest BCUT2D eigenvalue weighted by Crippen LogP contribution is 2.45. The molecule has 2 aliphatic carbocycles. The van der Waals surface area contributed by atoms with Crippen molar-refractivity contribution in [2.75, 3.05) is 25.1 Å². The molecule has 3 aliphatic rings. The lowest BCUT2D eigenvalue weighted by Gasteiger charge is -2.38. The maximum absolute atomic E-state index is 13.6. The highest BCUT2D eigenvalue weighted by molar-refractivity contribution is 8.26. The number of anilines is 1. The standard InChI is InChI=1S/C27H25F2N7O4S/c1-40-20-13-32-19(23(28)29)10-17(20)16-11-22(36-9-8-35(14-37)27(6-7-27)25(36)39)33-12-18(16)24(38)34-26(31)41-21(30)5-4-15-2-3-15/h10-15,23,30H,2-3,6-9H2,1H3,(H2,31,34,38). The molecule has 1 aliphatic heterocycles. The average molecular weight is 582 g/mol. The number of carbonyl (C=O) groups excluding carboxylic acids is 3. The number of nitrogens with one attached hydrogen (secondary N) is 3. The summed E-state index contributed by atoms with van der Waals surface area (Å²) in [5.74, 6) is 5.00. The summed E-state index contributed by atoms with van der Waals surface area (Å²) >= 11 is 0.664. The van der Waals surface area contributed by atoms with Crippen LogP contribution >= 0.6 is 11.8 Å². The van der Waals surface area contributed by atoms with Gasteiger partial charge in [-0.3, -0.25) is 35.1 Å². The lowest BCUT2D eigenvalue weighted by Crippen LogP contribution is -2.58. The third-order valence-corrected chi connectivity index (χ3v) is 7.65. The van der Waals surface area contributed by atoms with Gasteiger partial charge in [0.25, 0.3) is 18.2 Å². The largest absolute Gasteiger partial charge is 0.494 e. The molecule has 3 amide bonds. The number of halogens is 2. The monoisotopic (exact) mass is 581 g/mol. The zero-order valence-electron chi connectivity index (χ0n) is 21.9. The van der Waals surface area contributed by atoms with Crippen molar-refractivity contribution < 1.29 is 27.9 Å². The van der Waals surface area contributed by atoms with Crippen LogP contribution in [0.5, 0.6) is 5.75 Å². The number of amidine groups is 1. The Hall–Kier alpha value is -4.38. The van der Waals surface area contributed by atoms with E-state index < -0.39 is 23.6 Å². The number of methoxy groups -OCH3 is 1. The van der Waals surface area contributed by atoms with E-state index in [0.717, 1.165) is 25.1 Å². The molecule has 11 nitrogen and oxygen atoms in total. The normalized spacial score (nSPS) is 17.1. The molecule has 5 rings (SSSR count). The average Bonchev–Trinajstić information content (AvgIpc) is 3.89. The van der Waals surface area contributed by atoms with Gasteiger partial charge in [0.1, 0.15) is 27.8 Å². The smallest absolute Gasteiger partial charge is 0.280 e. The lowest BCUT2D eigenvalue weighted by molar-refractivity contribution is -0.135. The van der Waals surface area contributed by atoms with Crippen molar-refractivity contribution in [3.8, 4) is 28.7 Å². The van der Waals surface area contributed by atoms with E-state index in [4.69, 9.17) is 15.6 Å². The molecule has 212 valence electrons. The third-order valence-electron chi connectivity index (χ3n) is 7.04. The van der Waals surface area contributed by atoms with E-state index >= 15 is 0 Å². The second-order valence-electron chi connectivity index (χ2n) is 9.74. The molecule has 0 unspecified atom stereocenters. The van der Waals surface area contributed by atoms with Gasteiger partial charge in [-0.25, -0.2) is 13.8 Å². The maximum atomic E-state index is 13.6. The van der Waals surface area contributed by atoms with Gasteiger partial charge in [0.15, 0.2) is 5.17 Å². The van der Waals surface area contributed by atoms with Gasteiger partial charge in [-0.15, -0.1) is 0 Å². The van der Waals surface area contributed by atoms with Crippen LogP contribution in [-0.2, 0) is 9.59 Å². The third kappa shape index (κ3) is 5.76. The van der Waals surface area contributed by atoms with Gasteiger partial charge in [0, 0.05) is 36.3 Å². The molecule has 3 heterocycles. The number of pyridine rings is 2. The van der Waals surface area contributed by atoms with Crippen LogP contribution in [0.2, 0.25) is 0 Å². The Morgan fingerprint density at radius 1 is 1.22 bits per heavy atom. The van der Waals surface area contributed by atoms with Crippen molar-refractivity contribution in [1.29, 1.82) is 10.8 Å². The van der Waals surface area contributed by atoms with E-state index in [0.29, 0.717) is 31.0 Å². The van der Waals surface area contributed by atoms with Crippen LogP contribution in [0.1, 0.15) is 48.2 Å². The number of hydrogen-bond acceptors (Lipinski definition) is 9. The maximum Gasteiger partial charge on any atom is 0.280 e. The number of alkyl halides is 2. The molecule has 14 heteroatoms. The van der Waals surface area contributed by atoms with Gasteiger partial charge in [0.2, 0.25) is 6.41 Å². The first-order chi connectivity index (χ1) is 19.7. The van der Waals surface area contributed by atoms with Crippen LogP contribution in [0.15, 0.2) is 24.5 Å². The van der Waals surface area contributed by atoms with Crippen molar-refractivity contribution >= 4 is 46.0 Å². The van der Waals surface area contributed by atoms with Crippen LogP contribution in [0.25, 0.3) is 11.1 Å². The van der Waals surface area contributed by atoms with Gasteiger partial charge in [-0.2, -0.15) is 0 Å². The molecule has 0 radical (unpaired) electrons. The Morgan fingerprint density at radius 2 is 1.98 bits per heavy atom. The lowest BCUT2D eigenvalue weighted by atomic mass is 9.99. The summed E-state index contributed by atoms with van der Waals surface area (Å²) < 4.78 is 32.6. The molecule has 0 bridgehead atoms. The number of piperazine rings is 1.